The molecular formula is C13H17ClO4. The molecule has 0 unspecified atom stereocenters. The van der Waals surface area contributed by atoms with Crippen LogP contribution in [-0.4, -0.2) is 32.7 Å². The van der Waals surface area contributed by atoms with Gasteiger partial charge in [0.15, 0.2) is 11.5 Å². The standard InChI is InChI=1S/C13H17ClO4/c1-9-7-11(17-3)12(8-10(9)13(14)15)18-6-4-5-16-2/h7-8H,4-6H2,1-3H3. The van der Waals surface area contributed by atoms with E-state index < -0.39 is 5.24 Å². The Morgan fingerprint density at radius 2 is 1.94 bits per heavy atom. The summed E-state index contributed by atoms with van der Waals surface area (Å²) in [5, 5.41) is -0.503. The van der Waals surface area contributed by atoms with Gasteiger partial charge in [0.2, 0.25) is 0 Å². The van der Waals surface area contributed by atoms with Gasteiger partial charge in [0.25, 0.3) is 5.24 Å². The Morgan fingerprint density at radius 1 is 1.22 bits per heavy atom. The van der Waals surface area contributed by atoms with Crippen LogP contribution in [0.15, 0.2) is 12.1 Å². The van der Waals surface area contributed by atoms with Crippen LogP contribution in [0.25, 0.3) is 0 Å². The molecule has 18 heavy (non-hydrogen) atoms. The summed E-state index contributed by atoms with van der Waals surface area (Å²) in [6.07, 6.45) is 0.762. The molecule has 0 aliphatic rings. The first-order chi connectivity index (χ1) is 8.60. The third-order valence-corrected chi connectivity index (χ3v) is 2.68. The molecule has 0 heterocycles. The molecule has 1 aromatic carbocycles. The summed E-state index contributed by atoms with van der Waals surface area (Å²) in [5.41, 5.74) is 1.19. The maximum atomic E-state index is 11.2. The minimum absolute atomic E-state index is 0.430. The van der Waals surface area contributed by atoms with Crippen LogP contribution in [0.2, 0.25) is 0 Å². The quantitative estimate of drug-likeness (QED) is 0.566. The number of carbonyl (C=O) groups excluding carboxylic acids is 1. The van der Waals surface area contributed by atoms with E-state index in [2.05, 4.69) is 0 Å². The molecule has 5 heteroatoms. The molecule has 1 aromatic rings. The van der Waals surface area contributed by atoms with Crippen molar-refractivity contribution in [1.29, 1.82) is 0 Å². The normalized spacial score (nSPS) is 10.2. The number of benzene rings is 1. The Balaban J connectivity index is 2.86. The number of aryl methyl sites for hydroxylation is 1. The molecule has 4 nitrogen and oxygen atoms in total. The average molecular weight is 273 g/mol. The number of halogens is 1. The zero-order chi connectivity index (χ0) is 13.5. The fourth-order valence-electron chi connectivity index (χ4n) is 1.53. The molecule has 0 saturated heterocycles. The highest BCUT2D eigenvalue weighted by atomic mass is 35.5. The summed E-state index contributed by atoms with van der Waals surface area (Å²) in [6, 6.07) is 3.34. The second-order valence-electron chi connectivity index (χ2n) is 3.79. The van der Waals surface area contributed by atoms with E-state index in [0.29, 0.717) is 30.3 Å². The van der Waals surface area contributed by atoms with Crippen molar-refractivity contribution >= 4 is 16.8 Å². The van der Waals surface area contributed by atoms with Gasteiger partial charge in [-0.15, -0.1) is 0 Å². The second-order valence-corrected chi connectivity index (χ2v) is 4.13. The highest BCUT2D eigenvalue weighted by Crippen LogP contribution is 2.31. The Morgan fingerprint density at radius 3 is 2.50 bits per heavy atom. The maximum absolute atomic E-state index is 11.2. The van der Waals surface area contributed by atoms with Crippen molar-refractivity contribution in [3.63, 3.8) is 0 Å². The minimum Gasteiger partial charge on any atom is -0.493 e. The predicted molar refractivity (Wildman–Crippen MR) is 69.9 cm³/mol. The van der Waals surface area contributed by atoms with Crippen molar-refractivity contribution in [2.75, 3.05) is 27.4 Å². The summed E-state index contributed by atoms with van der Waals surface area (Å²) in [6.45, 7) is 2.91. The van der Waals surface area contributed by atoms with Crippen LogP contribution >= 0.6 is 11.6 Å². The molecule has 0 fully saturated rings. The topological polar surface area (TPSA) is 44.8 Å². The number of rotatable bonds is 7. The summed E-state index contributed by atoms with van der Waals surface area (Å²) in [7, 11) is 3.19. The largest absolute Gasteiger partial charge is 0.493 e. The van der Waals surface area contributed by atoms with Crippen molar-refractivity contribution in [2.24, 2.45) is 0 Å². The van der Waals surface area contributed by atoms with E-state index in [0.717, 1.165) is 12.0 Å². The predicted octanol–water partition coefficient (Wildman–Crippen LogP) is 2.80. The van der Waals surface area contributed by atoms with Crippen molar-refractivity contribution in [2.45, 2.75) is 13.3 Å². The van der Waals surface area contributed by atoms with Crippen molar-refractivity contribution in [3.8, 4) is 11.5 Å². The summed E-state index contributed by atoms with van der Waals surface area (Å²) in [5.74, 6) is 1.11. The van der Waals surface area contributed by atoms with Crippen LogP contribution < -0.4 is 9.47 Å². The van der Waals surface area contributed by atoms with Crippen molar-refractivity contribution in [3.05, 3.63) is 23.3 Å². The van der Waals surface area contributed by atoms with Crippen LogP contribution in [0.3, 0.4) is 0 Å². The SMILES string of the molecule is COCCCOc1cc(C(=O)Cl)c(C)cc1OC. The fraction of sp³-hybridized carbons (Fsp3) is 0.462. The van der Waals surface area contributed by atoms with E-state index in [1.165, 1.54) is 0 Å². The lowest BCUT2D eigenvalue weighted by atomic mass is 10.1. The molecule has 0 aromatic heterocycles. The van der Waals surface area contributed by atoms with E-state index in [4.69, 9.17) is 25.8 Å². The first kappa shape index (κ1) is 14.8. The van der Waals surface area contributed by atoms with E-state index in [-0.39, 0.29) is 0 Å². The molecule has 0 spiro atoms. The molecular weight excluding hydrogens is 256 g/mol. The summed E-state index contributed by atoms with van der Waals surface area (Å²) >= 11 is 5.50. The highest BCUT2D eigenvalue weighted by Gasteiger charge is 2.13. The van der Waals surface area contributed by atoms with E-state index in [1.807, 2.05) is 0 Å². The number of carbonyl (C=O) groups is 1. The van der Waals surface area contributed by atoms with Gasteiger partial charge in [-0.2, -0.15) is 0 Å². The molecule has 0 bridgehead atoms. The van der Waals surface area contributed by atoms with Crippen molar-refractivity contribution in [1.82, 2.24) is 0 Å². The molecule has 0 aliphatic heterocycles. The highest BCUT2D eigenvalue weighted by molar-refractivity contribution is 6.67. The van der Waals surface area contributed by atoms with Crippen LogP contribution in [0.1, 0.15) is 22.3 Å². The number of hydrogen-bond donors (Lipinski definition) is 0. The number of ether oxygens (including phenoxy) is 3. The fourth-order valence-corrected chi connectivity index (χ4v) is 1.73. The molecule has 1 rings (SSSR count). The molecule has 100 valence electrons. The number of hydrogen-bond acceptors (Lipinski definition) is 4. The summed E-state index contributed by atoms with van der Waals surface area (Å²) in [4.78, 5) is 11.2. The van der Waals surface area contributed by atoms with Gasteiger partial charge in [0.1, 0.15) is 0 Å². The molecule has 0 saturated carbocycles. The molecule has 0 radical (unpaired) electrons. The summed E-state index contributed by atoms with van der Waals surface area (Å²) < 4.78 is 15.7. The molecule has 0 atom stereocenters. The Labute approximate surface area is 112 Å². The van der Waals surface area contributed by atoms with Gasteiger partial charge in [0.05, 0.1) is 13.7 Å². The smallest absolute Gasteiger partial charge is 0.252 e. The first-order valence-corrected chi connectivity index (χ1v) is 5.98. The van der Waals surface area contributed by atoms with Crippen LogP contribution in [0.5, 0.6) is 11.5 Å². The van der Waals surface area contributed by atoms with Gasteiger partial charge in [-0.25, -0.2) is 0 Å². The third-order valence-electron chi connectivity index (χ3n) is 2.47. The zero-order valence-electron chi connectivity index (χ0n) is 10.8. The van der Waals surface area contributed by atoms with E-state index in [1.54, 1.807) is 33.3 Å². The Kier molecular flexibility index (Phi) is 5.95. The molecule has 0 aliphatic carbocycles. The van der Waals surface area contributed by atoms with Gasteiger partial charge in [-0.3, -0.25) is 4.79 Å². The molecule has 0 amide bonds. The van der Waals surface area contributed by atoms with Gasteiger partial charge in [-0.1, -0.05) is 0 Å². The molecule has 0 N–H and O–H groups in total. The second kappa shape index (κ2) is 7.24. The van der Waals surface area contributed by atoms with Crippen LogP contribution in [0.4, 0.5) is 0 Å². The first-order valence-electron chi connectivity index (χ1n) is 5.60. The lowest BCUT2D eigenvalue weighted by molar-refractivity contribution is 0.108. The van der Waals surface area contributed by atoms with Gasteiger partial charge >= 0.3 is 0 Å². The third kappa shape index (κ3) is 3.89. The lowest BCUT2D eigenvalue weighted by Crippen LogP contribution is -2.04. The minimum atomic E-state index is -0.503. The lowest BCUT2D eigenvalue weighted by Gasteiger charge is -2.13. The van der Waals surface area contributed by atoms with E-state index in [9.17, 15) is 4.79 Å². The van der Waals surface area contributed by atoms with Crippen LogP contribution in [0, 0.1) is 6.92 Å². The maximum Gasteiger partial charge on any atom is 0.252 e. The van der Waals surface area contributed by atoms with Crippen molar-refractivity contribution < 1.29 is 19.0 Å². The zero-order valence-corrected chi connectivity index (χ0v) is 11.5. The van der Waals surface area contributed by atoms with Crippen LogP contribution in [-0.2, 0) is 4.74 Å². The Hall–Kier alpha value is -1.26. The van der Waals surface area contributed by atoms with Gasteiger partial charge < -0.3 is 14.2 Å². The van der Waals surface area contributed by atoms with E-state index >= 15 is 0 Å². The number of methoxy groups -OCH3 is 2. The Bertz CT molecular complexity index is 418. The average Bonchev–Trinajstić information content (AvgIpc) is 2.35. The monoisotopic (exact) mass is 272 g/mol. The van der Waals surface area contributed by atoms with Gasteiger partial charge in [-0.05, 0) is 36.2 Å². The van der Waals surface area contributed by atoms with Gasteiger partial charge in [0, 0.05) is 25.7 Å².